The molecule has 35 heavy (non-hydrogen) atoms. The molecule has 0 saturated carbocycles. The van der Waals surface area contributed by atoms with Crippen LogP contribution in [0.1, 0.15) is 49.1 Å². The Kier molecular flexibility index (Phi) is 6.54. The van der Waals surface area contributed by atoms with Crippen molar-refractivity contribution in [3.8, 4) is 5.75 Å². The maximum absolute atomic E-state index is 13.2. The van der Waals surface area contributed by atoms with Crippen LogP contribution < -0.4 is 9.64 Å². The number of anilines is 1. The van der Waals surface area contributed by atoms with E-state index in [1.807, 2.05) is 18.7 Å². The molecular formula is C29H33FN2O3. The Morgan fingerprint density at radius 1 is 1.11 bits per heavy atom. The summed E-state index contributed by atoms with van der Waals surface area (Å²) in [5.41, 5.74) is 6.08. The van der Waals surface area contributed by atoms with E-state index in [9.17, 15) is 9.18 Å². The van der Waals surface area contributed by atoms with Crippen LogP contribution in [0.3, 0.4) is 0 Å². The highest BCUT2D eigenvalue weighted by molar-refractivity contribution is 5.98. The molecule has 0 spiro atoms. The fourth-order valence-electron chi connectivity index (χ4n) is 5.35. The molecule has 3 aromatic rings. The molecule has 2 heterocycles. The summed E-state index contributed by atoms with van der Waals surface area (Å²) in [4.78, 5) is 17.3. The number of hydrogen-bond donors (Lipinski definition) is 0. The van der Waals surface area contributed by atoms with Gasteiger partial charge in [-0.25, -0.2) is 4.39 Å². The Balaban J connectivity index is 1.39. The van der Waals surface area contributed by atoms with E-state index in [2.05, 4.69) is 17.9 Å². The normalized spacial score (nSPS) is 16.5. The number of allylic oxidation sites excluding steroid dienone is 1. The summed E-state index contributed by atoms with van der Waals surface area (Å²) in [6.45, 7) is 9.27. The number of carbonyl (C=O) groups excluding carboxylic acids is 1. The lowest BCUT2D eigenvalue weighted by Gasteiger charge is -2.35. The number of fused-ring (bicyclic) bond motifs is 3. The smallest absolute Gasteiger partial charge is 0.246 e. The lowest BCUT2D eigenvalue weighted by molar-refractivity contribution is -0.126. The number of halogens is 1. The summed E-state index contributed by atoms with van der Waals surface area (Å²) >= 11 is 0. The molecule has 1 aromatic heterocycles. The Bertz CT molecular complexity index is 1270. The van der Waals surface area contributed by atoms with E-state index in [1.165, 1.54) is 30.5 Å². The first-order valence-electron chi connectivity index (χ1n) is 12.6. The molecule has 1 saturated heterocycles. The van der Waals surface area contributed by atoms with E-state index in [4.69, 9.17) is 9.15 Å². The van der Waals surface area contributed by atoms with Crippen molar-refractivity contribution in [2.75, 3.05) is 37.7 Å². The number of piperazine rings is 1. The lowest BCUT2D eigenvalue weighted by atomic mass is 9.93. The average molecular weight is 477 g/mol. The highest BCUT2D eigenvalue weighted by Gasteiger charge is 2.24. The minimum absolute atomic E-state index is 0.00989. The largest absolute Gasteiger partial charge is 0.493 e. The van der Waals surface area contributed by atoms with Crippen LogP contribution in [0.15, 0.2) is 40.8 Å². The second kappa shape index (κ2) is 9.76. The fraction of sp³-hybridized carbons (Fsp3) is 0.414. The Morgan fingerprint density at radius 3 is 2.54 bits per heavy atom. The second-order valence-corrected chi connectivity index (χ2v) is 9.51. The number of carbonyl (C=O) groups is 1. The van der Waals surface area contributed by atoms with Gasteiger partial charge in [-0.05, 0) is 75.9 Å². The standard InChI is InChI=1S/C29H33FN2O3/c1-4-34-28-20(3)29-25(23-7-5-6-8-26(23)35-29)18-24(28)19(2)17-27(33)32-15-13-31(14-16-32)22-11-9-21(30)10-12-22/h9-12,17-18H,4-8,13-16H2,1-3H3/b19-17+. The van der Waals surface area contributed by atoms with Gasteiger partial charge in [-0.3, -0.25) is 4.79 Å². The molecule has 5 nitrogen and oxygen atoms in total. The number of benzene rings is 2. The van der Waals surface area contributed by atoms with Crippen molar-refractivity contribution in [3.63, 3.8) is 0 Å². The van der Waals surface area contributed by atoms with Crippen molar-refractivity contribution in [2.24, 2.45) is 0 Å². The van der Waals surface area contributed by atoms with Crippen molar-refractivity contribution >= 4 is 28.1 Å². The highest BCUT2D eigenvalue weighted by atomic mass is 19.1. The first kappa shape index (κ1) is 23.5. The molecule has 2 aromatic carbocycles. The van der Waals surface area contributed by atoms with Gasteiger partial charge < -0.3 is 19.0 Å². The number of aryl methyl sites for hydroxylation is 3. The van der Waals surface area contributed by atoms with Crippen molar-refractivity contribution in [2.45, 2.75) is 46.5 Å². The molecule has 1 aliphatic carbocycles. The molecule has 0 atom stereocenters. The summed E-state index contributed by atoms with van der Waals surface area (Å²) in [6.07, 6.45) is 6.11. The molecule has 1 amide bonds. The van der Waals surface area contributed by atoms with E-state index in [-0.39, 0.29) is 11.7 Å². The zero-order chi connectivity index (χ0) is 24.5. The Morgan fingerprint density at radius 2 is 1.83 bits per heavy atom. The number of furan rings is 1. The number of hydrogen-bond acceptors (Lipinski definition) is 4. The molecule has 184 valence electrons. The van der Waals surface area contributed by atoms with Gasteiger partial charge in [0.2, 0.25) is 5.91 Å². The van der Waals surface area contributed by atoms with Gasteiger partial charge in [-0.1, -0.05) is 0 Å². The Hall–Kier alpha value is -3.28. The van der Waals surface area contributed by atoms with E-state index in [0.717, 1.165) is 70.8 Å². The van der Waals surface area contributed by atoms with Gasteiger partial charge in [0, 0.05) is 66.4 Å². The van der Waals surface area contributed by atoms with Crippen LogP contribution in [-0.2, 0) is 17.6 Å². The van der Waals surface area contributed by atoms with Crippen LogP contribution in [-0.4, -0.2) is 43.6 Å². The summed E-state index contributed by atoms with van der Waals surface area (Å²) in [6, 6.07) is 8.70. The predicted molar refractivity (Wildman–Crippen MR) is 138 cm³/mol. The second-order valence-electron chi connectivity index (χ2n) is 9.51. The third kappa shape index (κ3) is 4.54. The van der Waals surface area contributed by atoms with Crippen LogP contribution >= 0.6 is 0 Å². The molecular weight excluding hydrogens is 443 g/mol. The first-order valence-corrected chi connectivity index (χ1v) is 12.6. The minimum atomic E-state index is -0.237. The molecule has 5 rings (SSSR count). The lowest BCUT2D eigenvalue weighted by Crippen LogP contribution is -2.48. The molecule has 6 heteroatoms. The van der Waals surface area contributed by atoms with Gasteiger partial charge in [0.15, 0.2) is 0 Å². The summed E-state index contributed by atoms with van der Waals surface area (Å²) in [7, 11) is 0. The summed E-state index contributed by atoms with van der Waals surface area (Å²) in [5.74, 6) is 1.68. The van der Waals surface area contributed by atoms with Crippen LogP contribution in [0.25, 0.3) is 16.5 Å². The summed E-state index contributed by atoms with van der Waals surface area (Å²) < 4.78 is 25.6. The predicted octanol–water partition coefficient (Wildman–Crippen LogP) is 5.91. The van der Waals surface area contributed by atoms with Gasteiger partial charge in [0.05, 0.1) is 6.61 Å². The fourth-order valence-corrected chi connectivity index (χ4v) is 5.35. The zero-order valence-corrected chi connectivity index (χ0v) is 20.8. The molecule has 0 bridgehead atoms. The van der Waals surface area contributed by atoms with Gasteiger partial charge >= 0.3 is 0 Å². The zero-order valence-electron chi connectivity index (χ0n) is 20.8. The van der Waals surface area contributed by atoms with E-state index in [1.54, 1.807) is 18.2 Å². The van der Waals surface area contributed by atoms with Crippen molar-refractivity contribution in [3.05, 3.63) is 64.7 Å². The van der Waals surface area contributed by atoms with Crippen LogP contribution in [0.4, 0.5) is 10.1 Å². The highest BCUT2D eigenvalue weighted by Crippen LogP contribution is 2.41. The molecule has 1 aliphatic heterocycles. The molecule has 0 unspecified atom stereocenters. The van der Waals surface area contributed by atoms with Crippen molar-refractivity contribution < 1.29 is 18.3 Å². The molecule has 0 N–H and O–H groups in total. The van der Waals surface area contributed by atoms with Crippen LogP contribution in [0.2, 0.25) is 0 Å². The quantitative estimate of drug-likeness (QED) is 0.430. The number of ether oxygens (including phenoxy) is 1. The maximum Gasteiger partial charge on any atom is 0.246 e. The molecule has 0 radical (unpaired) electrons. The minimum Gasteiger partial charge on any atom is -0.493 e. The Labute approximate surface area is 206 Å². The summed E-state index contributed by atoms with van der Waals surface area (Å²) in [5, 5.41) is 1.16. The van der Waals surface area contributed by atoms with E-state index < -0.39 is 0 Å². The molecule has 1 fully saturated rings. The average Bonchev–Trinajstić information content (AvgIpc) is 3.25. The number of nitrogens with zero attached hydrogens (tertiary/aromatic N) is 2. The topological polar surface area (TPSA) is 45.9 Å². The third-order valence-electron chi connectivity index (χ3n) is 7.26. The molecule has 2 aliphatic rings. The van der Waals surface area contributed by atoms with Crippen LogP contribution in [0.5, 0.6) is 5.75 Å². The monoisotopic (exact) mass is 476 g/mol. The van der Waals surface area contributed by atoms with Gasteiger partial charge in [-0.2, -0.15) is 0 Å². The maximum atomic E-state index is 13.2. The first-order chi connectivity index (χ1) is 17.0. The van der Waals surface area contributed by atoms with Gasteiger partial charge in [-0.15, -0.1) is 0 Å². The van der Waals surface area contributed by atoms with Gasteiger partial charge in [0.1, 0.15) is 22.9 Å². The third-order valence-corrected chi connectivity index (χ3v) is 7.26. The van der Waals surface area contributed by atoms with Gasteiger partial charge in [0.25, 0.3) is 0 Å². The van der Waals surface area contributed by atoms with Crippen molar-refractivity contribution in [1.29, 1.82) is 0 Å². The SMILES string of the molecule is CCOc1c(/C(C)=C/C(=O)N2CCN(c3ccc(F)cc3)CC2)cc2c3c(oc2c1C)CCCC3. The van der Waals surface area contributed by atoms with E-state index in [0.29, 0.717) is 19.7 Å². The van der Waals surface area contributed by atoms with Crippen LogP contribution in [0, 0.1) is 12.7 Å². The van der Waals surface area contributed by atoms with E-state index >= 15 is 0 Å². The number of amides is 1. The van der Waals surface area contributed by atoms with Crippen molar-refractivity contribution in [1.82, 2.24) is 4.90 Å². The number of rotatable bonds is 5.